The number of nitrogens with zero attached hydrogens (tertiary/aromatic N) is 1. The molecule has 104 valence electrons. The molecule has 7 heteroatoms. The van der Waals surface area contributed by atoms with Crippen LogP contribution in [0, 0.1) is 0 Å². The SMILES string of the molecule is COC(=O)c1cc(N)cnc1Nc1ccc(Br)cc1Cl. The number of esters is 1. The molecule has 0 bridgehead atoms. The van der Waals surface area contributed by atoms with Crippen LogP contribution in [-0.4, -0.2) is 18.1 Å². The van der Waals surface area contributed by atoms with Gasteiger partial charge in [-0.25, -0.2) is 9.78 Å². The van der Waals surface area contributed by atoms with E-state index in [2.05, 4.69) is 26.2 Å². The van der Waals surface area contributed by atoms with Crippen molar-refractivity contribution in [1.82, 2.24) is 4.98 Å². The molecule has 0 aliphatic carbocycles. The lowest BCUT2D eigenvalue weighted by Gasteiger charge is -2.11. The first-order valence-electron chi connectivity index (χ1n) is 5.57. The van der Waals surface area contributed by atoms with Gasteiger partial charge in [-0.3, -0.25) is 0 Å². The molecule has 1 aromatic carbocycles. The number of nitrogen functional groups attached to an aromatic ring is 1. The maximum absolute atomic E-state index is 11.7. The first-order valence-corrected chi connectivity index (χ1v) is 6.74. The van der Waals surface area contributed by atoms with Crippen LogP contribution < -0.4 is 11.1 Å². The fourth-order valence-electron chi connectivity index (χ4n) is 1.56. The standard InChI is InChI=1S/C13H11BrClN3O2/c1-20-13(19)9-5-8(16)6-17-12(9)18-11-3-2-7(14)4-10(11)15/h2-6H,16H2,1H3,(H,17,18). The van der Waals surface area contributed by atoms with Crippen molar-refractivity contribution in [3.05, 3.63) is 45.5 Å². The maximum atomic E-state index is 11.7. The summed E-state index contributed by atoms with van der Waals surface area (Å²) in [6.45, 7) is 0. The molecule has 1 aromatic heterocycles. The van der Waals surface area contributed by atoms with Crippen LogP contribution >= 0.6 is 27.5 Å². The van der Waals surface area contributed by atoms with E-state index < -0.39 is 5.97 Å². The summed E-state index contributed by atoms with van der Waals surface area (Å²) in [6, 6.07) is 6.82. The van der Waals surface area contributed by atoms with Crippen LogP contribution in [0.5, 0.6) is 0 Å². The summed E-state index contributed by atoms with van der Waals surface area (Å²) >= 11 is 9.44. The number of nitrogens with two attached hydrogens (primary N) is 1. The van der Waals surface area contributed by atoms with Crippen LogP contribution in [-0.2, 0) is 4.74 Å². The molecule has 0 spiro atoms. The number of benzene rings is 1. The number of anilines is 3. The average molecular weight is 357 g/mol. The molecule has 0 amide bonds. The summed E-state index contributed by atoms with van der Waals surface area (Å²) in [7, 11) is 1.29. The zero-order valence-corrected chi connectivity index (χ0v) is 12.8. The highest BCUT2D eigenvalue weighted by molar-refractivity contribution is 9.10. The lowest BCUT2D eigenvalue weighted by molar-refractivity contribution is 0.0601. The normalized spacial score (nSPS) is 10.2. The van der Waals surface area contributed by atoms with Crippen molar-refractivity contribution in [3.63, 3.8) is 0 Å². The third-order valence-electron chi connectivity index (χ3n) is 2.50. The second-order valence-electron chi connectivity index (χ2n) is 3.91. The number of nitrogens with one attached hydrogen (secondary N) is 1. The summed E-state index contributed by atoms with van der Waals surface area (Å²) in [6.07, 6.45) is 1.45. The third-order valence-corrected chi connectivity index (χ3v) is 3.30. The fourth-order valence-corrected chi connectivity index (χ4v) is 2.29. The van der Waals surface area contributed by atoms with E-state index >= 15 is 0 Å². The molecule has 0 aliphatic heterocycles. The van der Waals surface area contributed by atoms with Gasteiger partial charge in [0.2, 0.25) is 0 Å². The van der Waals surface area contributed by atoms with Crippen LogP contribution in [0.2, 0.25) is 5.02 Å². The molecule has 1 heterocycles. The van der Waals surface area contributed by atoms with Crippen molar-refractivity contribution in [3.8, 4) is 0 Å². The Labute approximate surface area is 129 Å². The van der Waals surface area contributed by atoms with Crippen molar-refractivity contribution in [2.75, 3.05) is 18.2 Å². The largest absolute Gasteiger partial charge is 0.465 e. The van der Waals surface area contributed by atoms with E-state index in [1.54, 1.807) is 12.1 Å². The van der Waals surface area contributed by atoms with E-state index in [-0.39, 0.29) is 5.56 Å². The number of halogens is 2. The minimum atomic E-state index is -0.527. The Balaban J connectivity index is 2.40. The molecular weight excluding hydrogens is 346 g/mol. The van der Waals surface area contributed by atoms with E-state index in [4.69, 9.17) is 22.1 Å². The fraction of sp³-hybridized carbons (Fsp3) is 0.0769. The average Bonchev–Trinajstić information content (AvgIpc) is 2.42. The number of pyridine rings is 1. The molecular formula is C13H11BrClN3O2. The van der Waals surface area contributed by atoms with E-state index in [0.717, 1.165) is 4.47 Å². The number of methoxy groups -OCH3 is 1. The molecule has 5 nitrogen and oxygen atoms in total. The zero-order chi connectivity index (χ0) is 14.7. The second kappa shape index (κ2) is 6.11. The highest BCUT2D eigenvalue weighted by Gasteiger charge is 2.15. The monoisotopic (exact) mass is 355 g/mol. The Kier molecular flexibility index (Phi) is 4.46. The highest BCUT2D eigenvalue weighted by atomic mass is 79.9. The van der Waals surface area contributed by atoms with Crippen molar-refractivity contribution < 1.29 is 9.53 Å². The van der Waals surface area contributed by atoms with Gasteiger partial charge >= 0.3 is 5.97 Å². The predicted octanol–water partition coefficient (Wildman–Crippen LogP) is 3.61. The minimum Gasteiger partial charge on any atom is -0.465 e. The Hall–Kier alpha value is -1.79. The van der Waals surface area contributed by atoms with Crippen LogP contribution in [0.15, 0.2) is 34.9 Å². The Morgan fingerprint density at radius 1 is 1.45 bits per heavy atom. The van der Waals surface area contributed by atoms with Crippen LogP contribution in [0.3, 0.4) is 0 Å². The number of ether oxygens (including phenoxy) is 1. The van der Waals surface area contributed by atoms with Crippen LogP contribution in [0.4, 0.5) is 17.2 Å². The molecule has 0 fully saturated rings. The molecule has 2 aromatic rings. The van der Waals surface area contributed by atoms with E-state index in [1.807, 2.05) is 6.07 Å². The quantitative estimate of drug-likeness (QED) is 0.822. The lowest BCUT2D eigenvalue weighted by Crippen LogP contribution is -2.08. The Morgan fingerprint density at radius 3 is 2.85 bits per heavy atom. The summed E-state index contributed by atoms with van der Waals surface area (Å²) in [5, 5.41) is 3.48. The third kappa shape index (κ3) is 3.20. The zero-order valence-electron chi connectivity index (χ0n) is 10.5. The van der Waals surface area contributed by atoms with E-state index in [0.29, 0.717) is 22.2 Å². The number of hydrogen-bond acceptors (Lipinski definition) is 5. The van der Waals surface area contributed by atoms with Crippen molar-refractivity contribution >= 4 is 50.7 Å². The van der Waals surface area contributed by atoms with E-state index in [1.165, 1.54) is 19.4 Å². The van der Waals surface area contributed by atoms with Gasteiger partial charge in [0.25, 0.3) is 0 Å². The lowest BCUT2D eigenvalue weighted by atomic mass is 10.2. The number of hydrogen-bond donors (Lipinski definition) is 2. The first-order chi connectivity index (χ1) is 9.51. The van der Waals surface area contributed by atoms with Crippen molar-refractivity contribution in [2.24, 2.45) is 0 Å². The molecule has 0 saturated heterocycles. The Morgan fingerprint density at radius 2 is 2.20 bits per heavy atom. The summed E-state index contributed by atoms with van der Waals surface area (Å²) in [5.74, 6) is -0.198. The van der Waals surface area contributed by atoms with Crippen molar-refractivity contribution in [1.29, 1.82) is 0 Å². The summed E-state index contributed by atoms with van der Waals surface area (Å²) in [4.78, 5) is 15.8. The van der Waals surface area contributed by atoms with Gasteiger partial charge in [0.15, 0.2) is 0 Å². The van der Waals surface area contributed by atoms with Crippen molar-refractivity contribution in [2.45, 2.75) is 0 Å². The second-order valence-corrected chi connectivity index (χ2v) is 5.23. The maximum Gasteiger partial charge on any atom is 0.341 e. The number of rotatable bonds is 3. The molecule has 0 radical (unpaired) electrons. The van der Waals surface area contributed by atoms with Crippen LogP contribution in [0.1, 0.15) is 10.4 Å². The van der Waals surface area contributed by atoms with Gasteiger partial charge in [0.05, 0.1) is 29.7 Å². The summed E-state index contributed by atoms with van der Waals surface area (Å²) in [5.41, 5.74) is 6.87. The van der Waals surface area contributed by atoms with Gasteiger partial charge in [-0.05, 0) is 24.3 Å². The molecule has 20 heavy (non-hydrogen) atoms. The minimum absolute atomic E-state index is 0.242. The predicted molar refractivity (Wildman–Crippen MR) is 82.4 cm³/mol. The van der Waals surface area contributed by atoms with Crippen LogP contribution in [0.25, 0.3) is 0 Å². The van der Waals surface area contributed by atoms with Gasteiger partial charge in [-0.1, -0.05) is 27.5 Å². The van der Waals surface area contributed by atoms with Gasteiger partial charge in [-0.2, -0.15) is 0 Å². The molecule has 0 atom stereocenters. The molecule has 3 N–H and O–H groups in total. The number of carbonyl (C=O) groups is 1. The first kappa shape index (κ1) is 14.6. The smallest absolute Gasteiger partial charge is 0.341 e. The topological polar surface area (TPSA) is 77.2 Å². The highest BCUT2D eigenvalue weighted by Crippen LogP contribution is 2.29. The summed E-state index contributed by atoms with van der Waals surface area (Å²) < 4.78 is 5.56. The molecule has 2 rings (SSSR count). The van der Waals surface area contributed by atoms with Gasteiger partial charge in [0, 0.05) is 4.47 Å². The van der Waals surface area contributed by atoms with E-state index in [9.17, 15) is 4.79 Å². The van der Waals surface area contributed by atoms with Gasteiger partial charge in [0.1, 0.15) is 11.4 Å². The molecule has 0 unspecified atom stereocenters. The Bertz CT molecular complexity index is 664. The number of carbonyl (C=O) groups excluding carboxylic acids is 1. The van der Waals surface area contributed by atoms with Gasteiger partial charge < -0.3 is 15.8 Å². The number of aromatic nitrogens is 1. The molecule has 0 aliphatic rings. The van der Waals surface area contributed by atoms with Gasteiger partial charge in [-0.15, -0.1) is 0 Å². The molecule has 0 saturated carbocycles.